The van der Waals surface area contributed by atoms with Gasteiger partial charge in [0.1, 0.15) is 0 Å². The number of nitrogens with two attached hydrogens (primary N) is 1. The summed E-state index contributed by atoms with van der Waals surface area (Å²) in [5, 5.41) is 0. The van der Waals surface area contributed by atoms with E-state index in [1.165, 1.54) is 5.56 Å². The van der Waals surface area contributed by atoms with E-state index in [1.807, 2.05) is 12.3 Å². The van der Waals surface area contributed by atoms with Crippen molar-refractivity contribution in [1.29, 1.82) is 0 Å². The Morgan fingerprint density at radius 1 is 1.50 bits per heavy atom. The van der Waals surface area contributed by atoms with Gasteiger partial charge in [0, 0.05) is 6.20 Å². The second-order valence-electron chi connectivity index (χ2n) is 4.27. The first kappa shape index (κ1) is 9.66. The molecule has 0 saturated carbocycles. The van der Waals surface area contributed by atoms with Crippen LogP contribution in [0.25, 0.3) is 0 Å². The molecule has 0 radical (unpaired) electrons. The van der Waals surface area contributed by atoms with Crippen LogP contribution >= 0.6 is 0 Å². The average Bonchev–Trinajstić information content (AvgIpc) is 2.53. The third-order valence-corrected chi connectivity index (χ3v) is 3.83. The lowest BCUT2D eigenvalue weighted by atomic mass is 9.77. The molecule has 1 aromatic rings. The molecule has 1 aromatic heterocycles. The van der Waals surface area contributed by atoms with E-state index in [4.69, 9.17) is 5.73 Å². The number of rotatable bonds is 2. The summed E-state index contributed by atoms with van der Waals surface area (Å²) in [5.74, 6) is 0. The smallest absolute Gasteiger partial charge is 0.0608 e. The highest BCUT2D eigenvalue weighted by Gasteiger charge is 2.42. The lowest BCUT2D eigenvalue weighted by Crippen LogP contribution is -2.30. The maximum absolute atomic E-state index is 6.28. The van der Waals surface area contributed by atoms with Gasteiger partial charge in [0.15, 0.2) is 0 Å². The lowest BCUT2D eigenvalue weighted by molar-refractivity contribution is 0.224. The minimum absolute atomic E-state index is 0.133. The van der Waals surface area contributed by atoms with Crippen molar-refractivity contribution in [2.75, 3.05) is 0 Å². The fraction of sp³-hybridized carbons (Fsp3) is 0.583. The molecule has 0 bridgehead atoms. The Kier molecular flexibility index (Phi) is 2.31. The number of nitrogens with zero attached hydrogens (tertiary/aromatic N) is 1. The molecule has 0 amide bonds. The molecule has 1 aliphatic carbocycles. The monoisotopic (exact) mass is 190 g/mol. The van der Waals surface area contributed by atoms with Gasteiger partial charge in [0.2, 0.25) is 0 Å². The second-order valence-corrected chi connectivity index (χ2v) is 4.27. The van der Waals surface area contributed by atoms with Gasteiger partial charge < -0.3 is 5.73 Å². The van der Waals surface area contributed by atoms with Crippen LogP contribution in [0.2, 0.25) is 0 Å². The molecule has 2 N–H and O–H groups in total. The molecule has 2 rings (SSSR count). The number of pyridine rings is 1. The SMILES string of the molecule is CCC1(CC)Cc2cccnc2[C@H]1N. The molecule has 2 heteroatoms. The summed E-state index contributed by atoms with van der Waals surface area (Å²) in [4.78, 5) is 4.41. The fourth-order valence-electron chi connectivity index (χ4n) is 2.60. The predicted molar refractivity (Wildman–Crippen MR) is 57.9 cm³/mol. The van der Waals surface area contributed by atoms with Crippen LogP contribution < -0.4 is 5.73 Å². The Morgan fingerprint density at radius 2 is 2.21 bits per heavy atom. The van der Waals surface area contributed by atoms with E-state index in [9.17, 15) is 0 Å². The van der Waals surface area contributed by atoms with Crippen LogP contribution in [0, 0.1) is 5.41 Å². The molecule has 0 spiro atoms. The predicted octanol–water partition coefficient (Wildman–Crippen LogP) is 2.44. The molecule has 0 fully saturated rings. The van der Waals surface area contributed by atoms with Crippen molar-refractivity contribution in [3.8, 4) is 0 Å². The normalized spacial score (nSPS) is 23.5. The molecule has 0 aliphatic heterocycles. The first-order chi connectivity index (χ1) is 6.73. The van der Waals surface area contributed by atoms with E-state index in [0.717, 1.165) is 25.0 Å². The van der Waals surface area contributed by atoms with E-state index in [-0.39, 0.29) is 11.5 Å². The Bertz CT molecular complexity index is 329. The Balaban J connectivity index is 2.42. The van der Waals surface area contributed by atoms with Crippen molar-refractivity contribution in [3.63, 3.8) is 0 Å². The summed E-state index contributed by atoms with van der Waals surface area (Å²) < 4.78 is 0. The van der Waals surface area contributed by atoms with Crippen molar-refractivity contribution in [2.45, 2.75) is 39.2 Å². The molecule has 76 valence electrons. The van der Waals surface area contributed by atoms with E-state index in [2.05, 4.69) is 24.9 Å². The lowest BCUT2D eigenvalue weighted by Gasteiger charge is -2.30. The molecule has 0 saturated heterocycles. The van der Waals surface area contributed by atoms with Gasteiger partial charge in [0.05, 0.1) is 11.7 Å². The Labute approximate surface area is 85.5 Å². The zero-order chi connectivity index (χ0) is 10.2. The minimum atomic E-state index is 0.133. The van der Waals surface area contributed by atoms with Gasteiger partial charge in [-0.25, -0.2) is 0 Å². The summed E-state index contributed by atoms with van der Waals surface area (Å²) in [6.07, 6.45) is 5.23. The van der Waals surface area contributed by atoms with Crippen LogP contribution in [-0.2, 0) is 6.42 Å². The summed E-state index contributed by atoms with van der Waals surface area (Å²) in [6, 6.07) is 4.30. The summed E-state index contributed by atoms with van der Waals surface area (Å²) in [6.45, 7) is 4.46. The van der Waals surface area contributed by atoms with Gasteiger partial charge in [-0.05, 0) is 36.3 Å². The standard InChI is InChI=1S/C12H18N2/c1-3-12(4-2)8-9-6-5-7-14-10(9)11(12)13/h5-7,11H,3-4,8,13H2,1-2H3/t11-/m1/s1. The van der Waals surface area contributed by atoms with Gasteiger partial charge in [-0.1, -0.05) is 19.9 Å². The zero-order valence-corrected chi connectivity index (χ0v) is 8.96. The van der Waals surface area contributed by atoms with E-state index in [1.54, 1.807) is 0 Å². The van der Waals surface area contributed by atoms with Crippen LogP contribution in [0.4, 0.5) is 0 Å². The van der Waals surface area contributed by atoms with Crippen LogP contribution in [0.15, 0.2) is 18.3 Å². The van der Waals surface area contributed by atoms with Crippen molar-refractivity contribution < 1.29 is 0 Å². The molecule has 1 heterocycles. The summed E-state index contributed by atoms with van der Waals surface area (Å²) >= 11 is 0. The van der Waals surface area contributed by atoms with E-state index < -0.39 is 0 Å². The van der Waals surface area contributed by atoms with Crippen LogP contribution in [0.3, 0.4) is 0 Å². The van der Waals surface area contributed by atoms with Gasteiger partial charge in [0.25, 0.3) is 0 Å². The highest BCUT2D eigenvalue weighted by atomic mass is 14.8. The summed E-state index contributed by atoms with van der Waals surface area (Å²) in [5.41, 5.74) is 9.02. The number of hydrogen-bond acceptors (Lipinski definition) is 2. The van der Waals surface area contributed by atoms with Crippen molar-refractivity contribution >= 4 is 0 Å². The van der Waals surface area contributed by atoms with Crippen molar-refractivity contribution in [2.24, 2.45) is 11.1 Å². The molecule has 2 nitrogen and oxygen atoms in total. The highest BCUT2D eigenvalue weighted by Crippen LogP contribution is 2.47. The van der Waals surface area contributed by atoms with Gasteiger partial charge in [-0.2, -0.15) is 0 Å². The van der Waals surface area contributed by atoms with Gasteiger partial charge in [-0.15, -0.1) is 0 Å². The number of aromatic nitrogens is 1. The highest BCUT2D eigenvalue weighted by molar-refractivity contribution is 5.32. The number of hydrogen-bond donors (Lipinski definition) is 1. The molecule has 0 unspecified atom stereocenters. The quantitative estimate of drug-likeness (QED) is 0.778. The Hall–Kier alpha value is -0.890. The molecular weight excluding hydrogens is 172 g/mol. The molecule has 1 aliphatic rings. The van der Waals surface area contributed by atoms with Crippen LogP contribution in [0.1, 0.15) is 44.0 Å². The second kappa shape index (κ2) is 3.35. The first-order valence-corrected chi connectivity index (χ1v) is 5.43. The first-order valence-electron chi connectivity index (χ1n) is 5.43. The van der Waals surface area contributed by atoms with Gasteiger partial charge >= 0.3 is 0 Å². The van der Waals surface area contributed by atoms with Gasteiger partial charge in [-0.3, -0.25) is 4.98 Å². The van der Waals surface area contributed by atoms with Crippen molar-refractivity contribution in [1.82, 2.24) is 4.98 Å². The fourth-order valence-corrected chi connectivity index (χ4v) is 2.60. The average molecular weight is 190 g/mol. The topological polar surface area (TPSA) is 38.9 Å². The third kappa shape index (κ3) is 1.17. The minimum Gasteiger partial charge on any atom is -0.322 e. The zero-order valence-electron chi connectivity index (χ0n) is 8.96. The van der Waals surface area contributed by atoms with E-state index in [0.29, 0.717) is 0 Å². The number of fused-ring (bicyclic) bond motifs is 1. The Morgan fingerprint density at radius 3 is 2.79 bits per heavy atom. The maximum Gasteiger partial charge on any atom is 0.0608 e. The van der Waals surface area contributed by atoms with E-state index >= 15 is 0 Å². The maximum atomic E-state index is 6.28. The molecular formula is C12H18N2. The largest absolute Gasteiger partial charge is 0.322 e. The molecule has 1 atom stereocenters. The van der Waals surface area contributed by atoms with Crippen LogP contribution in [-0.4, -0.2) is 4.98 Å². The van der Waals surface area contributed by atoms with Crippen molar-refractivity contribution in [3.05, 3.63) is 29.6 Å². The summed E-state index contributed by atoms with van der Waals surface area (Å²) in [7, 11) is 0. The van der Waals surface area contributed by atoms with Crippen LogP contribution in [0.5, 0.6) is 0 Å². The molecule has 14 heavy (non-hydrogen) atoms. The molecule has 0 aromatic carbocycles. The third-order valence-electron chi connectivity index (χ3n) is 3.83.